The van der Waals surface area contributed by atoms with E-state index in [0.717, 1.165) is 64.9 Å². The van der Waals surface area contributed by atoms with Crippen LogP contribution in [0.5, 0.6) is 5.88 Å². The van der Waals surface area contributed by atoms with Gasteiger partial charge in [0.05, 0.1) is 41.0 Å². The quantitative estimate of drug-likeness (QED) is 0.372. The van der Waals surface area contributed by atoms with Gasteiger partial charge in [-0.05, 0) is 43.4 Å². The molecule has 0 N–H and O–H groups in total. The molecule has 1 aliphatic heterocycles. The number of aryl methyl sites for hydroxylation is 2. The van der Waals surface area contributed by atoms with Crippen molar-refractivity contribution in [3.8, 4) is 17.1 Å². The van der Waals surface area contributed by atoms with Gasteiger partial charge in [-0.25, -0.2) is 9.67 Å². The van der Waals surface area contributed by atoms with Crippen LogP contribution < -0.4 is 4.74 Å². The van der Waals surface area contributed by atoms with Gasteiger partial charge in [0.15, 0.2) is 0 Å². The standard InChI is InChI=1S/C27H28N6O2/c1-17-25(32(2)31-30-17)20-15-22-24(29-16-20)23-21(9-12-28-27(23)34-3)33(22)26(18-7-5-4-6-8-18)19-10-13-35-14-11-19/h4-9,12,15-16,19,26H,10-11,13-14H2,1-3H3/t26-/m1/s1. The predicted octanol–water partition coefficient (Wildman–Crippen LogP) is 4.71. The lowest BCUT2D eigenvalue weighted by Gasteiger charge is -2.33. The molecule has 5 aromatic rings. The summed E-state index contributed by atoms with van der Waals surface area (Å²) in [7, 11) is 3.58. The van der Waals surface area contributed by atoms with Crippen LogP contribution in [0, 0.1) is 12.8 Å². The molecule has 0 aliphatic carbocycles. The zero-order valence-corrected chi connectivity index (χ0v) is 20.2. The van der Waals surface area contributed by atoms with Crippen LogP contribution in [0.15, 0.2) is 54.9 Å². The van der Waals surface area contributed by atoms with Crippen molar-refractivity contribution in [1.29, 1.82) is 0 Å². The number of pyridine rings is 2. The summed E-state index contributed by atoms with van der Waals surface area (Å²) in [5.41, 5.74) is 7.09. The first-order valence-electron chi connectivity index (χ1n) is 12.0. The molecule has 178 valence electrons. The number of rotatable bonds is 5. The van der Waals surface area contributed by atoms with E-state index in [1.165, 1.54) is 5.56 Å². The highest BCUT2D eigenvalue weighted by Crippen LogP contribution is 2.42. The molecule has 1 aromatic carbocycles. The molecule has 6 rings (SSSR count). The molecule has 0 radical (unpaired) electrons. The van der Waals surface area contributed by atoms with Gasteiger partial charge in [0.1, 0.15) is 5.52 Å². The smallest absolute Gasteiger partial charge is 0.224 e. The zero-order chi connectivity index (χ0) is 23.9. The third-order valence-electron chi connectivity index (χ3n) is 7.11. The zero-order valence-electron chi connectivity index (χ0n) is 20.2. The topological polar surface area (TPSA) is 79.9 Å². The molecule has 1 fully saturated rings. The van der Waals surface area contributed by atoms with Gasteiger partial charge in [0, 0.05) is 38.2 Å². The average Bonchev–Trinajstić information content (AvgIpc) is 3.41. The van der Waals surface area contributed by atoms with E-state index < -0.39 is 0 Å². The minimum Gasteiger partial charge on any atom is -0.480 e. The van der Waals surface area contributed by atoms with Crippen LogP contribution in [0.4, 0.5) is 0 Å². The summed E-state index contributed by atoms with van der Waals surface area (Å²) in [5.74, 6) is 1.01. The Kier molecular flexibility index (Phi) is 5.45. The lowest BCUT2D eigenvalue weighted by molar-refractivity contribution is 0.0553. The Hall–Kier alpha value is -3.78. The molecule has 4 aromatic heterocycles. The summed E-state index contributed by atoms with van der Waals surface area (Å²) in [6.07, 6.45) is 5.72. The second kappa shape index (κ2) is 8.78. The van der Waals surface area contributed by atoms with E-state index >= 15 is 0 Å². The normalized spacial score (nSPS) is 15.6. The molecule has 5 heterocycles. The average molecular weight is 469 g/mol. The van der Waals surface area contributed by atoms with E-state index in [1.807, 2.05) is 26.4 Å². The highest BCUT2D eigenvalue weighted by Gasteiger charge is 2.31. The van der Waals surface area contributed by atoms with Gasteiger partial charge in [-0.3, -0.25) is 4.98 Å². The van der Waals surface area contributed by atoms with Crippen LogP contribution in [0.3, 0.4) is 0 Å². The van der Waals surface area contributed by atoms with E-state index in [-0.39, 0.29) is 6.04 Å². The number of methoxy groups -OCH3 is 1. The third-order valence-corrected chi connectivity index (χ3v) is 7.11. The number of benzene rings is 1. The molecule has 0 bridgehead atoms. The molecule has 1 aliphatic rings. The van der Waals surface area contributed by atoms with Crippen molar-refractivity contribution in [2.45, 2.75) is 25.8 Å². The first-order chi connectivity index (χ1) is 17.2. The molecule has 1 saturated heterocycles. The van der Waals surface area contributed by atoms with Crippen LogP contribution in [-0.2, 0) is 11.8 Å². The Morgan fingerprint density at radius 2 is 1.86 bits per heavy atom. The summed E-state index contributed by atoms with van der Waals surface area (Å²) in [5, 5.41) is 9.40. The summed E-state index contributed by atoms with van der Waals surface area (Å²) in [6.45, 7) is 3.53. The fourth-order valence-corrected chi connectivity index (χ4v) is 5.57. The van der Waals surface area contributed by atoms with Crippen molar-refractivity contribution >= 4 is 21.9 Å². The van der Waals surface area contributed by atoms with Crippen molar-refractivity contribution in [1.82, 2.24) is 29.5 Å². The van der Waals surface area contributed by atoms with Crippen molar-refractivity contribution in [2.75, 3.05) is 20.3 Å². The number of nitrogens with zero attached hydrogens (tertiary/aromatic N) is 6. The Balaban J connectivity index is 1.69. The van der Waals surface area contributed by atoms with Crippen LogP contribution in [0.1, 0.15) is 30.1 Å². The van der Waals surface area contributed by atoms with Crippen molar-refractivity contribution in [2.24, 2.45) is 13.0 Å². The van der Waals surface area contributed by atoms with Gasteiger partial charge in [-0.2, -0.15) is 0 Å². The molecule has 0 amide bonds. The molecule has 35 heavy (non-hydrogen) atoms. The van der Waals surface area contributed by atoms with Crippen LogP contribution in [-0.4, -0.2) is 49.9 Å². The predicted molar refractivity (Wildman–Crippen MR) is 134 cm³/mol. The van der Waals surface area contributed by atoms with Crippen LogP contribution >= 0.6 is 0 Å². The molecular weight excluding hydrogens is 440 g/mol. The molecule has 0 spiro atoms. The SMILES string of the molecule is COc1nccc2c1c1ncc(-c3c(C)nnn3C)cc1n2[C@H](c1ccccc1)C1CCOCC1. The maximum absolute atomic E-state index is 5.74. The number of hydrogen-bond donors (Lipinski definition) is 0. The van der Waals surface area contributed by atoms with Crippen molar-refractivity contribution in [3.05, 3.63) is 66.1 Å². The highest BCUT2D eigenvalue weighted by atomic mass is 16.5. The summed E-state index contributed by atoms with van der Waals surface area (Å²) in [4.78, 5) is 9.48. The molecule has 8 nitrogen and oxygen atoms in total. The third kappa shape index (κ3) is 3.56. The fraction of sp³-hybridized carbons (Fsp3) is 0.333. The van der Waals surface area contributed by atoms with Gasteiger partial charge in [0.2, 0.25) is 5.88 Å². The Morgan fingerprint density at radius 1 is 1.06 bits per heavy atom. The van der Waals surface area contributed by atoms with E-state index in [1.54, 1.807) is 11.8 Å². The number of ether oxygens (including phenoxy) is 2. The van der Waals surface area contributed by atoms with Gasteiger partial charge in [-0.1, -0.05) is 35.5 Å². The van der Waals surface area contributed by atoms with Crippen molar-refractivity contribution in [3.63, 3.8) is 0 Å². The van der Waals surface area contributed by atoms with E-state index in [9.17, 15) is 0 Å². The van der Waals surface area contributed by atoms with Gasteiger partial charge >= 0.3 is 0 Å². The molecule has 8 heteroatoms. The molecule has 0 unspecified atom stereocenters. The Morgan fingerprint density at radius 3 is 2.57 bits per heavy atom. The highest BCUT2D eigenvalue weighted by molar-refractivity contribution is 6.09. The summed E-state index contributed by atoms with van der Waals surface area (Å²) in [6, 6.07) is 15.2. The summed E-state index contributed by atoms with van der Waals surface area (Å²) < 4.78 is 15.7. The Labute approximate surface area is 203 Å². The van der Waals surface area contributed by atoms with E-state index in [0.29, 0.717) is 11.8 Å². The van der Waals surface area contributed by atoms with Gasteiger partial charge in [-0.15, -0.1) is 5.10 Å². The second-order valence-electron chi connectivity index (χ2n) is 9.13. The lowest BCUT2D eigenvalue weighted by atomic mass is 9.86. The number of hydrogen-bond acceptors (Lipinski definition) is 6. The van der Waals surface area contributed by atoms with Crippen LogP contribution in [0.25, 0.3) is 33.2 Å². The largest absolute Gasteiger partial charge is 0.480 e. The Bertz CT molecular complexity index is 1480. The van der Waals surface area contributed by atoms with Gasteiger partial charge in [0.25, 0.3) is 0 Å². The second-order valence-corrected chi connectivity index (χ2v) is 9.13. The molecular formula is C27H28N6O2. The minimum atomic E-state index is 0.120. The van der Waals surface area contributed by atoms with E-state index in [4.69, 9.17) is 14.5 Å². The first-order valence-corrected chi connectivity index (χ1v) is 12.0. The van der Waals surface area contributed by atoms with Gasteiger partial charge < -0.3 is 14.0 Å². The lowest BCUT2D eigenvalue weighted by Crippen LogP contribution is -2.26. The summed E-state index contributed by atoms with van der Waals surface area (Å²) >= 11 is 0. The number of aromatic nitrogens is 6. The monoisotopic (exact) mass is 468 g/mol. The first kappa shape index (κ1) is 21.7. The maximum atomic E-state index is 5.74. The fourth-order valence-electron chi connectivity index (χ4n) is 5.57. The van der Waals surface area contributed by atoms with Crippen LogP contribution in [0.2, 0.25) is 0 Å². The van der Waals surface area contributed by atoms with Crippen molar-refractivity contribution < 1.29 is 9.47 Å². The molecule has 0 saturated carbocycles. The maximum Gasteiger partial charge on any atom is 0.224 e. The molecule has 1 atom stereocenters. The van der Waals surface area contributed by atoms with E-state index in [2.05, 4.69) is 62.3 Å². The number of fused-ring (bicyclic) bond motifs is 3. The minimum absolute atomic E-state index is 0.120.